The molecule has 1 saturated heterocycles. The van der Waals surface area contributed by atoms with Crippen molar-refractivity contribution in [3.05, 3.63) is 89.1 Å². The van der Waals surface area contributed by atoms with Crippen LogP contribution in [-0.2, 0) is 6.54 Å². The van der Waals surface area contributed by atoms with Gasteiger partial charge in [-0.15, -0.1) is 0 Å². The summed E-state index contributed by atoms with van der Waals surface area (Å²) in [4.78, 5) is 33.9. The van der Waals surface area contributed by atoms with E-state index < -0.39 is 0 Å². The molecule has 43 heavy (non-hydrogen) atoms. The molecule has 0 atom stereocenters. The Hall–Kier alpha value is -4.15. The first-order valence-corrected chi connectivity index (χ1v) is 15.7. The molecule has 0 spiro atoms. The maximum absolute atomic E-state index is 12.9. The lowest BCUT2D eigenvalue weighted by Gasteiger charge is -2.54. The number of nitrogens with zero attached hydrogens (tertiary/aromatic N) is 3. The molecule has 220 valence electrons. The summed E-state index contributed by atoms with van der Waals surface area (Å²) in [7, 11) is 0. The van der Waals surface area contributed by atoms with Crippen LogP contribution in [-0.4, -0.2) is 52.8 Å². The van der Waals surface area contributed by atoms with Crippen LogP contribution < -0.4 is 11.1 Å². The number of rotatable bonds is 5. The second-order valence-corrected chi connectivity index (χ2v) is 13.2. The molecule has 2 heterocycles. The smallest absolute Gasteiger partial charge is 0.257 e. The third kappa shape index (κ3) is 6.03. The van der Waals surface area contributed by atoms with Crippen molar-refractivity contribution < 1.29 is 9.59 Å². The first-order chi connectivity index (χ1) is 20.9. The third-order valence-corrected chi connectivity index (χ3v) is 10.0. The number of nitrogen functional groups attached to an aromatic ring is 1. The molecule has 1 aliphatic heterocycles. The van der Waals surface area contributed by atoms with Gasteiger partial charge in [0.2, 0.25) is 0 Å². The van der Waals surface area contributed by atoms with Crippen LogP contribution in [0.2, 0.25) is 0 Å². The Morgan fingerprint density at radius 3 is 2.16 bits per heavy atom. The molecule has 4 saturated carbocycles. The van der Waals surface area contributed by atoms with E-state index in [9.17, 15) is 9.59 Å². The standard InChI is InChI=1S/C36H39N5O2/c37-33-32(2-1-13-38-33)35(43)41-16-14-40(15-17-41)24-26-3-7-30(8-4-26)34(42)39-31-9-5-25(6-10-31)11-12-36-21-27-18-28(22-36)20-29(19-27)23-36/h1-10,13,27-29H,14-24H2,(H2,37,38)(H,39,42). The summed E-state index contributed by atoms with van der Waals surface area (Å²) in [5, 5.41) is 3.02. The van der Waals surface area contributed by atoms with Gasteiger partial charge in [0.05, 0.1) is 5.56 Å². The van der Waals surface area contributed by atoms with Crippen molar-refractivity contribution in [3.8, 4) is 11.8 Å². The van der Waals surface area contributed by atoms with Gasteiger partial charge in [-0.2, -0.15) is 0 Å². The molecule has 2 amide bonds. The lowest BCUT2D eigenvalue weighted by Crippen LogP contribution is -2.48. The number of piperazine rings is 1. The summed E-state index contributed by atoms with van der Waals surface area (Å²) in [6, 6.07) is 19.2. The van der Waals surface area contributed by atoms with Crippen molar-refractivity contribution in [2.24, 2.45) is 23.2 Å². The average molecular weight is 574 g/mol. The minimum atomic E-state index is -0.124. The highest BCUT2D eigenvalue weighted by molar-refractivity contribution is 6.04. The number of nitrogens with one attached hydrogen (secondary N) is 1. The molecule has 1 aromatic heterocycles. The zero-order valence-corrected chi connectivity index (χ0v) is 24.6. The Labute approximate surface area is 253 Å². The van der Waals surface area contributed by atoms with Gasteiger partial charge in [0.1, 0.15) is 5.82 Å². The van der Waals surface area contributed by atoms with Crippen LogP contribution in [0.25, 0.3) is 0 Å². The molecule has 4 bridgehead atoms. The maximum Gasteiger partial charge on any atom is 0.257 e. The summed E-state index contributed by atoms with van der Waals surface area (Å²) in [5.74, 6) is 9.98. The summed E-state index contributed by atoms with van der Waals surface area (Å²) < 4.78 is 0. The average Bonchev–Trinajstić information content (AvgIpc) is 3.01. The minimum absolute atomic E-state index is 0.0688. The lowest BCUT2D eigenvalue weighted by molar-refractivity contribution is -0.0181. The Bertz CT molecular complexity index is 1530. The molecule has 0 radical (unpaired) electrons. The number of benzene rings is 2. The van der Waals surface area contributed by atoms with Gasteiger partial charge in [-0.05, 0) is 110 Å². The summed E-state index contributed by atoms with van der Waals surface area (Å²) >= 11 is 0. The van der Waals surface area contributed by atoms with E-state index in [0.717, 1.165) is 54.2 Å². The molecule has 0 unspecified atom stereocenters. The van der Waals surface area contributed by atoms with Crippen molar-refractivity contribution in [1.82, 2.24) is 14.8 Å². The van der Waals surface area contributed by atoms with Crippen molar-refractivity contribution in [1.29, 1.82) is 0 Å². The van der Waals surface area contributed by atoms with Gasteiger partial charge in [-0.3, -0.25) is 14.5 Å². The molecule has 7 heteroatoms. The van der Waals surface area contributed by atoms with E-state index in [-0.39, 0.29) is 23.0 Å². The van der Waals surface area contributed by atoms with Crippen molar-refractivity contribution in [2.45, 2.75) is 45.1 Å². The van der Waals surface area contributed by atoms with Gasteiger partial charge < -0.3 is 16.0 Å². The third-order valence-electron chi connectivity index (χ3n) is 10.0. The first kappa shape index (κ1) is 27.7. The van der Waals surface area contributed by atoms with E-state index in [1.807, 2.05) is 53.4 Å². The fourth-order valence-corrected chi connectivity index (χ4v) is 8.21. The highest BCUT2D eigenvalue weighted by atomic mass is 16.2. The van der Waals surface area contributed by atoms with Gasteiger partial charge in [0, 0.05) is 61.1 Å². The minimum Gasteiger partial charge on any atom is -0.383 e. The first-order valence-electron chi connectivity index (χ1n) is 15.7. The van der Waals surface area contributed by atoms with Gasteiger partial charge in [-0.25, -0.2) is 4.98 Å². The van der Waals surface area contributed by atoms with Crippen LogP contribution in [0.4, 0.5) is 11.5 Å². The molecule has 3 N–H and O–H groups in total. The van der Waals surface area contributed by atoms with Crippen LogP contribution in [0.3, 0.4) is 0 Å². The SMILES string of the molecule is Nc1ncccc1C(=O)N1CCN(Cc2ccc(C(=O)Nc3ccc(C#CC45CC6CC(CC(C6)C4)C5)cc3)cc2)CC1. The van der Waals surface area contributed by atoms with Gasteiger partial charge >= 0.3 is 0 Å². The summed E-state index contributed by atoms with van der Waals surface area (Å²) in [5.41, 5.74) is 10.1. The fourth-order valence-electron chi connectivity index (χ4n) is 8.21. The molecule has 5 fully saturated rings. The van der Waals surface area contributed by atoms with Crippen molar-refractivity contribution in [3.63, 3.8) is 0 Å². The number of hydrogen-bond donors (Lipinski definition) is 2. The molecule has 5 aliphatic rings. The maximum atomic E-state index is 12.9. The molecular weight excluding hydrogens is 534 g/mol. The second-order valence-electron chi connectivity index (χ2n) is 13.2. The van der Waals surface area contributed by atoms with Crippen LogP contribution in [0.1, 0.15) is 70.4 Å². The van der Waals surface area contributed by atoms with E-state index in [0.29, 0.717) is 24.2 Å². The molecule has 3 aromatic rings. The highest BCUT2D eigenvalue weighted by Crippen LogP contribution is 2.59. The molecule has 4 aliphatic carbocycles. The number of aromatic nitrogens is 1. The quantitative estimate of drug-likeness (QED) is 0.397. The van der Waals surface area contributed by atoms with Gasteiger partial charge in [-0.1, -0.05) is 24.0 Å². The van der Waals surface area contributed by atoms with E-state index >= 15 is 0 Å². The number of hydrogen-bond acceptors (Lipinski definition) is 5. The van der Waals surface area contributed by atoms with Crippen LogP contribution in [0.5, 0.6) is 0 Å². The summed E-state index contributed by atoms with van der Waals surface area (Å²) in [6.45, 7) is 3.60. The van der Waals surface area contributed by atoms with Crippen molar-refractivity contribution >= 4 is 23.3 Å². The predicted octanol–water partition coefficient (Wildman–Crippen LogP) is 5.44. The Morgan fingerprint density at radius 2 is 1.53 bits per heavy atom. The summed E-state index contributed by atoms with van der Waals surface area (Å²) in [6.07, 6.45) is 9.77. The monoisotopic (exact) mass is 573 g/mol. The van der Waals surface area contributed by atoms with Crippen LogP contribution in [0, 0.1) is 35.0 Å². The Kier molecular flexibility index (Phi) is 7.40. The predicted molar refractivity (Wildman–Crippen MR) is 168 cm³/mol. The van der Waals surface area contributed by atoms with Crippen LogP contribution >= 0.6 is 0 Å². The zero-order chi connectivity index (χ0) is 29.4. The Balaban J connectivity index is 0.898. The number of nitrogens with two attached hydrogens (primary N) is 1. The van der Waals surface area contributed by atoms with E-state index in [4.69, 9.17) is 5.73 Å². The molecule has 2 aromatic carbocycles. The van der Waals surface area contributed by atoms with Crippen LogP contribution in [0.15, 0.2) is 66.9 Å². The fraction of sp³-hybridized carbons (Fsp3) is 0.417. The normalized spacial score (nSPS) is 26.0. The van der Waals surface area contributed by atoms with Gasteiger partial charge in [0.25, 0.3) is 11.8 Å². The molecular formula is C36H39N5O2. The van der Waals surface area contributed by atoms with E-state index in [1.54, 1.807) is 18.3 Å². The van der Waals surface area contributed by atoms with Crippen molar-refractivity contribution in [2.75, 3.05) is 37.2 Å². The zero-order valence-electron chi connectivity index (χ0n) is 24.6. The molecule has 8 rings (SSSR count). The van der Waals surface area contributed by atoms with E-state index in [2.05, 4.69) is 27.0 Å². The number of amides is 2. The second kappa shape index (κ2) is 11.5. The highest BCUT2D eigenvalue weighted by Gasteiger charge is 2.50. The van der Waals surface area contributed by atoms with Gasteiger partial charge in [0.15, 0.2) is 0 Å². The number of pyridine rings is 1. The Morgan fingerprint density at radius 1 is 0.884 bits per heavy atom. The number of carbonyl (C=O) groups excluding carboxylic acids is 2. The van der Waals surface area contributed by atoms with E-state index in [1.165, 1.54) is 38.5 Å². The molecule has 7 nitrogen and oxygen atoms in total. The number of carbonyl (C=O) groups is 2. The topological polar surface area (TPSA) is 91.6 Å². The largest absolute Gasteiger partial charge is 0.383 e. The lowest BCUT2D eigenvalue weighted by atomic mass is 9.50. The number of anilines is 2.